The van der Waals surface area contributed by atoms with Crippen molar-refractivity contribution >= 4 is 16.9 Å². The van der Waals surface area contributed by atoms with Crippen LogP contribution >= 0.6 is 0 Å². The fourth-order valence-electron chi connectivity index (χ4n) is 3.63. The minimum Gasteiger partial charge on any atom is -0.437 e. The van der Waals surface area contributed by atoms with Crippen molar-refractivity contribution in [2.75, 3.05) is 5.32 Å². The summed E-state index contributed by atoms with van der Waals surface area (Å²) in [6, 6.07) is 28.9. The molecule has 2 heterocycles. The monoisotopic (exact) mass is 391 g/mol. The van der Waals surface area contributed by atoms with Crippen LogP contribution in [-0.2, 0) is 6.54 Å². The summed E-state index contributed by atoms with van der Waals surface area (Å²) in [6.07, 6.45) is 1.55. The van der Waals surface area contributed by atoms with Crippen molar-refractivity contribution in [3.63, 3.8) is 0 Å². The number of aryl methyl sites for hydroxylation is 1. The summed E-state index contributed by atoms with van der Waals surface area (Å²) in [5, 5.41) is 4.39. The van der Waals surface area contributed by atoms with Crippen molar-refractivity contribution in [3.05, 3.63) is 102 Å². The van der Waals surface area contributed by atoms with E-state index >= 15 is 0 Å². The summed E-state index contributed by atoms with van der Waals surface area (Å²) in [5.74, 6) is 1.57. The van der Waals surface area contributed by atoms with E-state index in [4.69, 9.17) is 4.42 Å². The molecule has 0 fully saturated rings. The Balaban J connectivity index is 1.65. The van der Waals surface area contributed by atoms with Crippen LogP contribution in [0.4, 0.5) is 5.82 Å². The minimum atomic E-state index is 0.578. The van der Waals surface area contributed by atoms with E-state index in [9.17, 15) is 0 Å². The van der Waals surface area contributed by atoms with E-state index in [1.165, 1.54) is 11.1 Å². The molecule has 0 aliphatic carbocycles. The van der Waals surface area contributed by atoms with Gasteiger partial charge in [-0.1, -0.05) is 90.5 Å². The summed E-state index contributed by atoms with van der Waals surface area (Å²) in [6.45, 7) is 2.76. The molecule has 5 aromatic rings. The molecule has 0 bridgehead atoms. The number of fused-ring (bicyclic) bond motifs is 1. The van der Waals surface area contributed by atoms with Crippen molar-refractivity contribution < 1.29 is 4.42 Å². The zero-order valence-corrected chi connectivity index (χ0v) is 16.7. The minimum absolute atomic E-state index is 0.578. The molecule has 0 unspecified atom stereocenters. The van der Waals surface area contributed by atoms with Gasteiger partial charge in [-0.25, -0.2) is 9.97 Å². The van der Waals surface area contributed by atoms with Gasteiger partial charge in [-0.15, -0.1) is 0 Å². The number of anilines is 1. The van der Waals surface area contributed by atoms with E-state index in [0.29, 0.717) is 12.3 Å². The van der Waals surface area contributed by atoms with E-state index in [0.717, 1.165) is 33.7 Å². The van der Waals surface area contributed by atoms with E-state index in [-0.39, 0.29) is 0 Å². The van der Waals surface area contributed by atoms with Crippen LogP contribution < -0.4 is 5.32 Å². The van der Waals surface area contributed by atoms with Crippen LogP contribution in [0, 0.1) is 6.92 Å². The van der Waals surface area contributed by atoms with Gasteiger partial charge in [-0.3, -0.25) is 0 Å². The molecule has 0 saturated heterocycles. The lowest BCUT2D eigenvalue weighted by Crippen LogP contribution is -2.02. The highest BCUT2D eigenvalue weighted by molar-refractivity contribution is 6.05. The first-order valence-electron chi connectivity index (χ1n) is 9.97. The number of hydrogen-bond donors (Lipinski definition) is 1. The Bertz CT molecular complexity index is 1280. The van der Waals surface area contributed by atoms with E-state index < -0.39 is 0 Å². The maximum absolute atomic E-state index is 6.26. The quantitative estimate of drug-likeness (QED) is 0.373. The number of benzene rings is 3. The zero-order valence-electron chi connectivity index (χ0n) is 16.7. The zero-order chi connectivity index (χ0) is 20.3. The van der Waals surface area contributed by atoms with Gasteiger partial charge in [0.15, 0.2) is 0 Å². The first kappa shape index (κ1) is 18.1. The third-order valence-electron chi connectivity index (χ3n) is 5.17. The van der Waals surface area contributed by atoms with Crippen molar-refractivity contribution in [1.29, 1.82) is 0 Å². The average Bonchev–Trinajstić information content (AvgIpc) is 3.20. The molecule has 5 rings (SSSR count). The molecule has 0 aliphatic heterocycles. The molecule has 4 nitrogen and oxygen atoms in total. The first-order chi connectivity index (χ1) is 14.8. The number of rotatable bonds is 5. The Morgan fingerprint density at radius 1 is 0.767 bits per heavy atom. The molecule has 0 atom stereocenters. The smallest absolute Gasteiger partial charge is 0.232 e. The van der Waals surface area contributed by atoms with Crippen molar-refractivity contribution in [2.45, 2.75) is 13.5 Å². The lowest BCUT2D eigenvalue weighted by atomic mass is 9.99. The van der Waals surface area contributed by atoms with Gasteiger partial charge in [0, 0.05) is 17.7 Å². The molecule has 3 aromatic carbocycles. The van der Waals surface area contributed by atoms with Crippen LogP contribution in [-0.4, -0.2) is 9.97 Å². The van der Waals surface area contributed by atoms with Crippen LogP contribution in [0.3, 0.4) is 0 Å². The van der Waals surface area contributed by atoms with Crippen molar-refractivity contribution in [2.24, 2.45) is 0 Å². The van der Waals surface area contributed by atoms with E-state index in [1.807, 2.05) is 36.4 Å². The molecular weight excluding hydrogens is 370 g/mol. The van der Waals surface area contributed by atoms with E-state index in [2.05, 4.69) is 70.7 Å². The standard InChI is InChI=1S/C26H21N3O/c1-18-12-14-19(15-13-18)16-27-25-23-22(20-8-4-2-5-9-20)24(21-10-6-3-7-11-21)30-26(23)29-17-28-25/h2-15,17H,16H2,1H3,(H,27,28,29). The number of nitrogens with zero attached hydrogens (tertiary/aromatic N) is 2. The SMILES string of the molecule is Cc1ccc(CNc2ncnc3oc(-c4ccccc4)c(-c4ccccc4)c23)cc1. The van der Waals surface area contributed by atoms with Crippen molar-refractivity contribution in [3.8, 4) is 22.5 Å². The normalized spacial score (nSPS) is 11.0. The lowest BCUT2D eigenvalue weighted by molar-refractivity contribution is 0.618. The summed E-state index contributed by atoms with van der Waals surface area (Å²) in [5.41, 5.74) is 6.11. The molecule has 4 heteroatoms. The summed E-state index contributed by atoms with van der Waals surface area (Å²) < 4.78 is 6.26. The molecule has 146 valence electrons. The molecule has 0 spiro atoms. The molecular formula is C26H21N3O. The fraction of sp³-hybridized carbons (Fsp3) is 0.0769. The number of hydrogen-bond acceptors (Lipinski definition) is 4. The topological polar surface area (TPSA) is 51.0 Å². The Labute approximate surface area is 175 Å². The molecule has 2 aromatic heterocycles. The highest BCUT2D eigenvalue weighted by atomic mass is 16.3. The third kappa shape index (κ3) is 3.44. The molecule has 0 aliphatic rings. The maximum atomic E-state index is 6.26. The summed E-state index contributed by atoms with van der Waals surface area (Å²) in [7, 11) is 0. The molecule has 0 radical (unpaired) electrons. The Morgan fingerprint density at radius 3 is 2.13 bits per heavy atom. The molecule has 0 amide bonds. The highest BCUT2D eigenvalue weighted by Crippen LogP contribution is 2.42. The Morgan fingerprint density at radius 2 is 1.43 bits per heavy atom. The van der Waals surface area contributed by atoms with Gasteiger partial charge in [-0.05, 0) is 18.1 Å². The average molecular weight is 391 g/mol. The summed E-state index contributed by atoms with van der Waals surface area (Å²) in [4.78, 5) is 8.97. The van der Waals surface area contributed by atoms with Crippen LogP contribution in [0.15, 0.2) is 95.7 Å². The van der Waals surface area contributed by atoms with Crippen LogP contribution in [0.1, 0.15) is 11.1 Å². The second kappa shape index (κ2) is 7.84. The van der Waals surface area contributed by atoms with Gasteiger partial charge in [0.1, 0.15) is 17.9 Å². The van der Waals surface area contributed by atoms with Crippen molar-refractivity contribution in [1.82, 2.24) is 9.97 Å². The Hall–Kier alpha value is -3.92. The predicted molar refractivity (Wildman–Crippen MR) is 121 cm³/mol. The third-order valence-corrected chi connectivity index (χ3v) is 5.17. The lowest BCUT2D eigenvalue weighted by Gasteiger charge is -2.09. The van der Waals surface area contributed by atoms with Gasteiger partial charge in [0.2, 0.25) is 5.71 Å². The Kier molecular flexibility index (Phi) is 4.74. The first-order valence-corrected chi connectivity index (χ1v) is 9.97. The molecule has 0 saturated carbocycles. The number of furan rings is 1. The maximum Gasteiger partial charge on any atom is 0.232 e. The largest absolute Gasteiger partial charge is 0.437 e. The van der Waals surface area contributed by atoms with Gasteiger partial charge >= 0.3 is 0 Å². The van der Waals surface area contributed by atoms with Gasteiger partial charge in [0.05, 0.1) is 5.39 Å². The number of nitrogens with one attached hydrogen (secondary N) is 1. The fourth-order valence-corrected chi connectivity index (χ4v) is 3.63. The second-order valence-electron chi connectivity index (χ2n) is 7.28. The number of aromatic nitrogens is 2. The summed E-state index contributed by atoms with van der Waals surface area (Å²) >= 11 is 0. The van der Waals surface area contributed by atoms with Crippen LogP contribution in [0.2, 0.25) is 0 Å². The van der Waals surface area contributed by atoms with E-state index in [1.54, 1.807) is 6.33 Å². The predicted octanol–water partition coefficient (Wildman–Crippen LogP) is 6.48. The second-order valence-corrected chi connectivity index (χ2v) is 7.28. The highest BCUT2D eigenvalue weighted by Gasteiger charge is 2.21. The van der Waals surface area contributed by atoms with Gasteiger partial charge in [0.25, 0.3) is 0 Å². The van der Waals surface area contributed by atoms with Crippen LogP contribution in [0.25, 0.3) is 33.6 Å². The van der Waals surface area contributed by atoms with Crippen LogP contribution in [0.5, 0.6) is 0 Å². The van der Waals surface area contributed by atoms with Gasteiger partial charge < -0.3 is 9.73 Å². The molecule has 1 N–H and O–H groups in total. The molecule has 30 heavy (non-hydrogen) atoms. The van der Waals surface area contributed by atoms with Gasteiger partial charge in [-0.2, -0.15) is 0 Å².